The Kier molecular flexibility index (Phi) is 22.8. The van der Waals surface area contributed by atoms with Gasteiger partial charge in [0.2, 0.25) is 0 Å². The molecule has 0 unspecified atom stereocenters. The minimum atomic E-state index is 0. The molecule has 0 N–H and O–H groups in total. The fraction of sp³-hybridized carbons (Fsp3) is 1.00. The predicted molar refractivity (Wildman–Crippen MR) is 123 cm³/mol. The molecule has 0 spiro atoms. The highest BCUT2D eigenvalue weighted by atomic mass is 35.5. The smallest absolute Gasteiger partial charge is 0.0351 e. The molecule has 4 nitrogen and oxygen atoms in total. The topological polar surface area (TPSA) is 13.0 Å². The zero-order valence-corrected chi connectivity index (χ0v) is 20.1. The van der Waals surface area contributed by atoms with E-state index in [1.54, 1.807) is 0 Å². The molecule has 1 aliphatic heterocycles. The first-order valence-electron chi connectivity index (χ1n) is 8.86. The molecule has 10 heteroatoms. The Morgan fingerprint density at radius 3 is 0.654 bits per heavy atom. The lowest BCUT2D eigenvalue weighted by Gasteiger charge is -2.33. The van der Waals surface area contributed by atoms with Crippen molar-refractivity contribution in [2.45, 2.75) is 0 Å². The van der Waals surface area contributed by atoms with Crippen LogP contribution in [0.5, 0.6) is 0 Å². The van der Waals surface area contributed by atoms with E-state index in [1.165, 1.54) is 0 Å². The maximum atomic E-state index is 5.98. The van der Waals surface area contributed by atoms with Gasteiger partial charge < -0.3 is 0 Å². The third-order valence-corrected chi connectivity index (χ3v) is 5.21. The number of halogens is 6. The normalized spacial score (nSPS) is 19.8. The van der Waals surface area contributed by atoms with Gasteiger partial charge in [0.15, 0.2) is 0 Å². The first kappa shape index (κ1) is 29.8. The van der Waals surface area contributed by atoms with Gasteiger partial charge >= 0.3 is 0 Å². The molecule has 160 valence electrons. The van der Waals surface area contributed by atoms with Crippen molar-refractivity contribution >= 4 is 71.2 Å². The summed E-state index contributed by atoms with van der Waals surface area (Å²) in [7, 11) is 0. The van der Waals surface area contributed by atoms with Gasteiger partial charge in [-0.25, -0.2) is 0 Å². The Labute approximate surface area is 192 Å². The number of alkyl halides is 4. The maximum Gasteiger partial charge on any atom is 0.0351 e. The Hall–Kier alpha value is 1.58. The number of hydrogen-bond acceptors (Lipinski definition) is 4. The van der Waals surface area contributed by atoms with Gasteiger partial charge in [0, 0.05) is 102 Å². The molecule has 0 radical (unpaired) electrons. The van der Waals surface area contributed by atoms with Crippen LogP contribution in [0.3, 0.4) is 0 Å². The van der Waals surface area contributed by atoms with E-state index < -0.39 is 0 Å². The molecule has 26 heavy (non-hydrogen) atoms. The Morgan fingerprint density at radius 1 is 0.385 bits per heavy atom. The fourth-order valence-electron chi connectivity index (χ4n) is 2.95. The molecule has 0 amide bonds. The van der Waals surface area contributed by atoms with Crippen molar-refractivity contribution in [2.24, 2.45) is 0 Å². The average molecular weight is 495 g/mol. The van der Waals surface area contributed by atoms with Crippen LogP contribution >= 0.6 is 71.2 Å². The van der Waals surface area contributed by atoms with E-state index in [0.29, 0.717) is 23.5 Å². The van der Waals surface area contributed by atoms with Crippen molar-refractivity contribution in [1.82, 2.24) is 19.6 Å². The standard InChI is InChI=1S/C16H32Cl4N4.2ClH/c17-1-5-21-9-11-22(6-2-18)13-15-24(8-4-20)16-14-23(7-3-19)12-10-21;;/h1-16H2;2*1H. The molecule has 0 saturated carbocycles. The van der Waals surface area contributed by atoms with Gasteiger partial charge in [0.1, 0.15) is 0 Å². The lowest BCUT2D eigenvalue weighted by atomic mass is 10.3. The van der Waals surface area contributed by atoms with Gasteiger partial charge in [0.05, 0.1) is 0 Å². The molecule has 0 aromatic carbocycles. The van der Waals surface area contributed by atoms with Crippen LogP contribution in [-0.4, -0.2) is 122 Å². The van der Waals surface area contributed by atoms with Gasteiger partial charge in [-0.3, -0.25) is 19.6 Å². The first-order valence-corrected chi connectivity index (χ1v) is 11.0. The summed E-state index contributed by atoms with van der Waals surface area (Å²) < 4.78 is 0. The molecule has 1 fully saturated rings. The summed E-state index contributed by atoms with van der Waals surface area (Å²) in [6.07, 6.45) is 0. The van der Waals surface area contributed by atoms with Crippen LogP contribution in [0.4, 0.5) is 0 Å². The molecule has 1 aliphatic rings. The second-order valence-electron chi connectivity index (χ2n) is 6.12. The van der Waals surface area contributed by atoms with Crippen LogP contribution in [-0.2, 0) is 0 Å². The summed E-state index contributed by atoms with van der Waals surface area (Å²) >= 11 is 23.9. The highest BCUT2D eigenvalue weighted by molar-refractivity contribution is 6.18. The summed E-state index contributed by atoms with van der Waals surface area (Å²) in [4.78, 5) is 9.81. The molecule has 0 aromatic rings. The van der Waals surface area contributed by atoms with Gasteiger partial charge in [-0.15, -0.1) is 71.2 Å². The van der Waals surface area contributed by atoms with Crippen LogP contribution in [0, 0.1) is 0 Å². The lowest BCUT2D eigenvalue weighted by molar-refractivity contribution is 0.144. The molecule has 0 aliphatic carbocycles. The molecule has 1 rings (SSSR count). The van der Waals surface area contributed by atoms with E-state index in [4.69, 9.17) is 46.4 Å². The largest absolute Gasteiger partial charge is 0.300 e. The van der Waals surface area contributed by atoms with E-state index in [9.17, 15) is 0 Å². The van der Waals surface area contributed by atoms with Crippen LogP contribution in [0.1, 0.15) is 0 Å². The van der Waals surface area contributed by atoms with Gasteiger partial charge in [0.25, 0.3) is 0 Å². The fourth-order valence-corrected chi connectivity index (χ4v) is 3.91. The molecular weight excluding hydrogens is 461 g/mol. The third kappa shape index (κ3) is 13.7. The second kappa shape index (κ2) is 19.9. The van der Waals surface area contributed by atoms with E-state index in [0.717, 1.165) is 78.5 Å². The second-order valence-corrected chi connectivity index (χ2v) is 7.63. The molecular formula is C16H34Cl6N4. The zero-order valence-electron chi connectivity index (χ0n) is 15.4. The summed E-state index contributed by atoms with van der Waals surface area (Å²) in [6.45, 7) is 12.0. The highest BCUT2D eigenvalue weighted by Gasteiger charge is 2.15. The minimum Gasteiger partial charge on any atom is -0.300 e. The Bertz CT molecular complexity index is 232. The number of nitrogens with zero attached hydrogens (tertiary/aromatic N) is 4. The average Bonchev–Trinajstić information content (AvgIpc) is 2.57. The SMILES string of the molecule is Cl.Cl.ClCCN1CCN(CCCl)CCN(CCCl)CCN(CCCl)CC1. The molecule has 0 bridgehead atoms. The summed E-state index contributed by atoms with van der Waals surface area (Å²) in [5.41, 5.74) is 0. The quantitative estimate of drug-likeness (QED) is 0.481. The van der Waals surface area contributed by atoms with Crippen LogP contribution < -0.4 is 0 Å². The summed E-state index contributed by atoms with van der Waals surface area (Å²) in [5, 5.41) is 0. The third-order valence-electron chi connectivity index (χ3n) is 4.53. The highest BCUT2D eigenvalue weighted by Crippen LogP contribution is 2.02. The van der Waals surface area contributed by atoms with Crippen molar-refractivity contribution in [3.63, 3.8) is 0 Å². The Morgan fingerprint density at radius 2 is 0.538 bits per heavy atom. The van der Waals surface area contributed by atoms with Crippen molar-refractivity contribution < 1.29 is 0 Å². The van der Waals surface area contributed by atoms with Crippen molar-refractivity contribution in [3.05, 3.63) is 0 Å². The van der Waals surface area contributed by atoms with Crippen LogP contribution in [0.25, 0.3) is 0 Å². The zero-order chi connectivity index (χ0) is 17.6. The van der Waals surface area contributed by atoms with Crippen LogP contribution in [0.2, 0.25) is 0 Å². The monoisotopic (exact) mass is 492 g/mol. The van der Waals surface area contributed by atoms with Crippen molar-refractivity contribution in [1.29, 1.82) is 0 Å². The number of rotatable bonds is 8. The first-order chi connectivity index (χ1) is 11.7. The van der Waals surface area contributed by atoms with E-state index in [2.05, 4.69) is 19.6 Å². The summed E-state index contributed by atoms with van der Waals surface area (Å²) in [5.74, 6) is 2.70. The molecule has 0 atom stereocenters. The van der Waals surface area contributed by atoms with Crippen molar-refractivity contribution in [3.8, 4) is 0 Å². The molecule has 1 saturated heterocycles. The van der Waals surface area contributed by atoms with E-state index >= 15 is 0 Å². The lowest BCUT2D eigenvalue weighted by Crippen LogP contribution is -2.47. The van der Waals surface area contributed by atoms with Gasteiger partial charge in [-0.2, -0.15) is 0 Å². The summed E-state index contributed by atoms with van der Waals surface area (Å²) in [6, 6.07) is 0. The van der Waals surface area contributed by atoms with E-state index in [1.807, 2.05) is 0 Å². The number of hydrogen-bond donors (Lipinski definition) is 0. The maximum absolute atomic E-state index is 5.98. The van der Waals surface area contributed by atoms with Gasteiger partial charge in [-0.05, 0) is 0 Å². The van der Waals surface area contributed by atoms with Crippen molar-refractivity contribution in [2.75, 3.05) is 102 Å². The predicted octanol–water partition coefficient (Wildman–Crippen LogP) is 3.01. The van der Waals surface area contributed by atoms with Gasteiger partial charge in [-0.1, -0.05) is 0 Å². The van der Waals surface area contributed by atoms with Crippen LogP contribution in [0.15, 0.2) is 0 Å². The van der Waals surface area contributed by atoms with E-state index in [-0.39, 0.29) is 24.8 Å². The minimum absolute atomic E-state index is 0. The molecule has 1 heterocycles. The Balaban J connectivity index is 0. The molecule has 0 aromatic heterocycles.